The summed E-state index contributed by atoms with van der Waals surface area (Å²) < 4.78 is 5.45. The highest BCUT2D eigenvalue weighted by atomic mass is 32.1. The fourth-order valence-electron chi connectivity index (χ4n) is 1.21. The van der Waals surface area contributed by atoms with E-state index in [9.17, 15) is 0 Å². The molecular weight excluding hydrogens is 220 g/mol. The topological polar surface area (TPSA) is 45.0 Å². The molecule has 0 radical (unpaired) electrons. The van der Waals surface area contributed by atoms with Crippen molar-refractivity contribution in [3.63, 3.8) is 0 Å². The van der Waals surface area contributed by atoms with Crippen LogP contribution in [0.4, 0.5) is 0 Å². The molecule has 0 aliphatic heterocycles. The first-order chi connectivity index (χ1) is 7.72. The summed E-state index contributed by atoms with van der Waals surface area (Å²) in [6, 6.07) is 4.05. The molecule has 1 aromatic rings. The Bertz CT molecular complexity index is 341. The molecule has 0 amide bonds. The van der Waals surface area contributed by atoms with Gasteiger partial charge >= 0.3 is 0 Å². The lowest BCUT2D eigenvalue weighted by Gasteiger charge is -2.07. The van der Waals surface area contributed by atoms with Crippen LogP contribution in [-0.2, 0) is 11.3 Å². The van der Waals surface area contributed by atoms with E-state index >= 15 is 0 Å². The molecule has 0 aromatic carbocycles. The molecular formula is C12H18N2OS. The predicted octanol–water partition coefficient (Wildman–Crippen LogP) is 2.38. The average Bonchev–Trinajstić information content (AvgIpc) is 2.70. The second-order valence-corrected chi connectivity index (χ2v) is 5.05. The van der Waals surface area contributed by atoms with Gasteiger partial charge in [0.15, 0.2) is 0 Å². The minimum Gasteiger partial charge on any atom is -0.380 e. The third-order valence-electron chi connectivity index (χ3n) is 1.96. The van der Waals surface area contributed by atoms with E-state index in [1.54, 1.807) is 11.3 Å². The first-order valence-electron chi connectivity index (χ1n) is 5.48. The number of thiophene rings is 1. The van der Waals surface area contributed by atoms with Gasteiger partial charge in [0.25, 0.3) is 0 Å². The van der Waals surface area contributed by atoms with Crippen LogP contribution in [0.15, 0.2) is 11.4 Å². The summed E-state index contributed by atoms with van der Waals surface area (Å²) in [6.45, 7) is 7.52. The lowest BCUT2D eigenvalue weighted by atomic mass is 10.2. The Labute approximate surface area is 101 Å². The number of ether oxygens (including phenoxy) is 1. The molecule has 1 aromatic heterocycles. The molecule has 0 bridgehead atoms. The third-order valence-corrected chi connectivity index (χ3v) is 2.89. The van der Waals surface area contributed by atoms with Gasteiger partial charge in [-0.2, -0.15) is 5.26 Å². The van der Waals surface area contributed by atoms with Gasteiger partial charge in [-0.25, -0.2) is 0 Å². The van der Waals surface area contributed by atoms with E-state index in [2.05, 4.69) is 25.2 Å². The fraction of sp³-hybridized carbons (Fsp3) is 0.583. The van der Waals surface area contributed by atoms with Crippen LogP contribution in [0.5, 0.6) is 0 Å². The molecule has 16 heavy (non-hydrogen) atoms. The normalized spacial score (nSPS) is 10.6. The summed E-state index contributed by atoms with van der Waals surface area (Å²) in [4.78, 5) is 1.19. The molecule has 0 aliphatic carbocycles. The Balaban J connectivity index is 2.05. The van der Waals surface area contributed by atoms with E-state index < -0.39 is 0 Å². The largest absolute Gasteiger partial charge is 0.380 e. The third kappa shape index (κ3) is 5.26. The monoisotopic (exact) mass is 238 g/mol. The number of nitriles is 1. The maximum absolute atomic E-state index is 8.66. The zero-order chi connectivity index (χ0) is 11.8. The predicted molar refractivity (Wildman–Crippen MR) is 66.4 cm³/mol. The molecule has 4 heteroatoms. The Morgan fingerprint density at radius 2 is 2.38 bits per heavy atom. The minimum absolute atomic E-state index is 0.593. The van der Waals surface area contributed by atoms with Crippen LogP contribution in [0.1, 0.15) is 24.3 Å². The lowest BCUT2D eigenvalue weighted by Crippen LogP contribution is -2.19. The lowest BCUT2D eigenvalue weighted by molar-refractivity contribution is 0.111. The number of hydrogen-bond acceptors (Lipinski definition) is 4. The Morgan fingerprint density at radius 3 is 3.00 bits per heavy atom. The maximum Gasteiger partial charge on any atom is 0.100 e. The average molecular weight is 238 g/mol. The molecule has 0 fully saturated rings. The molecule has 1 rings (SSSR count). The maximum atomic E-state index is 8.66. The molecule has 0 spiro atoms. The van der Waals surface area contributed by atoms with E-state index in [1.165, 1.54) is 4.88 Å². The molecule has 1 heterocycles. The number of rotatable bonds is 7. The van der Waals surface area contributed by atoms with Crippen LogP contribution in [-0.4, -0.2) is 19.8 Å². The van der Waals surface area contributed by atoms with Gasteiger partial charge < -0.3 is 10.1 Å². The van der Waals surface area contributed by atoms with Crippen LogP contribution >= 0.6 is 11.3 Å². The van der Waals surface area contributed by atoms with Crippen molar-refractivity contribution in [2.45, 2.75) is 20.4 Å². The van der Waals surface area contributed by atoms with Crippen molar-refractivity contribution in [1.29, 1.82) is 5.26 Å². The highest BCUT2D eigenvalue weighted by Crippen LogP contribution is 2.12. The number of hydrogen-bond donors (Lipinski definition) is 1. The van der Waals surface area contributed by atoms with Gasteiger partial charge in [-0.3, -0.25) is 0 Å². The Morgan fingerprint density at radius 1 is 1.56 bits per heavy atom. The van der Waals surface area contributed by atoms with Crippen LogP contribution in [0.2, 0.25) is 0 Å². The second kappa shape index (κ2) is 7.39. The molecule has 0 unspecified atom stereocenters. The van der Waals surface area contributed by atoms with Crippen LogP contribution in [0.3, 0.4) is 0 Å². The second-order valence-electron chi connectivity index (χ2n) is 4.06. The standard InChI is InChI=1S/C12H18N2OS/c1-10(2)8-15-4-3-14-7-12-5-11(6-13)9-16-12/h5,9-10,14H,3-4,7-8H2,1-2H3. The summed E-state index contributed by atoms with van der Waals surface area (Å²) in [6.07, 6.45) is 0. The minimum atomic E-state index is 0.593. The van der Waals surface area contributed by atoms with Gasteiger partial charge in [0.05, 0.1) is 12.2 Å². The van der Waals surface area contributed by atoms with Gasteiger partial charge in [-0.15, -0.1) is 11.3 Å². The van der Waals surface area contributed by atoms with Crippen LogP contribution in [0, 0.1) is 17.2 Å². The molecule has 0 saturated carbocycles. The quantitative estimate of drug-likeness (QED) is 0.742. The van der Waals surface area contributed by atoms with Crippen molar-refractivity contribution < 1.29 is 4.74 Å². The smallest absolute Gasteiger partial charge is 0.100 e. The van der Waals surface area contributed by atoms with Crippen molar-refractivity contribution >= 4 is 11.3 Å². The zero-order valence-corrected chi connectivity index (χ0v) is 10.6. The Kier molecular flexibility index (Phi) is 6.09. The van der Waals surface area contributed by atoms with Gasteiger partial charge in [0.1, 0.15) is 6.07 Å². The van der Waals surface area contributed by atoms with E-state index in [0.717, 1.165) is 31.9 Å². The summed E-state index contributed by atoms with van der Waals surface area (Å²) in [5, 5.41) is 13.8. The van der Waals surface area contributed by atoms with E-state index in [0.29, 0.717) is 5.92 Å². The summed E-state index contributed by atoms with van der Waals surface area (Å²) >= 11 is 1.62. The summed E-state index contributed by atoms with van der Waals surface area (Å²) in [5.74, 6) is 0.593. The van der Waals surface area contributed by atoms with E-state index in [1.807, 2.05) is 11.4 Å². The SMILES string of the molecule is CC(C)COCCNCc1cc(C#N)cs1. The van der Waals surface area contributed by atoms with Crippen molar-refractivity contribution in [1.82, 2.24) is 5.32 Å². The molecule has 0 saturated heterocycles. The fourth-order valence-corrected chi connectivity index (χ4v) is 1.99. The van der Waals surface area contributed by atoms with E-state index in [4.69, 9.17) is 10.00 Å². The van der Waals surface area contributed by atoms with Gasteiger partial charge in [-0.1, -0.05) is 13.8 Å². The van der Waals surface area contributed by atoms with Crippen molar-refractivity contribution in [2.24, 2.45) is 5.92 Å². The highest BCUT2D eigenvalue weighted by Gasteiger charge is 1.98. The molecule has 0 aliphatic rings. The van der Waals surface area contributed by atoms with Crippen molar-refractivity contribution in [2.75, 3.05) is 19.8 Å². The zero-order valence-electron chi connectivity index (χ0n) is 9.82. The highest BCUT2D eigenvalue weighted by molar-refractivity contribution is 7.10. The van der Waals surface area contributed by atoms with Gasteiger partial charge in [0.2, 0.25) is 0 Å². The van der Waals surface area contributed by atoms with Crippen LogP contribution < -0.4 is 5.32 Å². The molecule has 1 N–H and O–H groups in total. The van der Waals surface area contributed by atoms with Crippen molar-refractivity contribution in [3.05, 3.63) is 21.9 Å². The first-order valence-corrected chi connectivity index (χ1v) is 6.36. The van der Waals surface area contributed by atoms with Crippen molar-refractivity contribution in [3.8, 4) is 6.07 Å². The first kappa shape index (κ1) is 13.2. The van der Waals surface area contributed by atoms with Gasteiger partial charge in [0, 0.05) is 30.0 Å². The van der Waals surface area contributed by atoms with Gasteiger partial charge in [-0.05, 0) is 12.0 Å². The van der Waals surface area contributed by atoms with E-state index in [-0.39, 0.29) is 0 Å². The molecule has 3 nitrogen and oxygen atoms in total. The summed E-state index contributed by atoms with van der Waals surface area (Å²) in [7, 11) is 0. The van der Waals surface area contributed by atoms with Crippen LogP contribution in [0.25, 0.3) is 0 Å². The summed E-state index contributed by atoms with van der Waals surface area (Å²) in [5.41, 5.74) is 0.748. The number of nitrogens with zero attached hydrogens (tertiary/aromatic N) is 1. The molecule has 88 valence electrons. The Hall–Kier alpha value is -0.890. The molecule has 0 atom stereocenters. The number of nitrogens with one attached hydrogen (secondary N) is 1.